The third-order valence-corrected chi connectivity index (χ3v) is 4.24. The summed E-state index contributed by atoms with van der Waals surface area (Å²) in [6.45, 7) is 5.84. The highest BCUT2D eigenvalue weighted by Crippen LogP contribution is 2.21. The van der Waals surface area contributed by atoms with Crippen molar-refractivity contribution in [1.29, 1.82) is 0 Å². The Labute approximate surface area is 155 Å². The molecule has 26 heavy (non-hydrogen) atoms. The molecule has 0 fully saturated rings. The number of nitrogens with two attached hydrogens (primary N) is 1. The SMILES string of the molecule is CC(C)Oc1ccc(C(O)CNC(=O)C(C)C(N)c2ccccc2)cc1. The van der Waals surface area contributed by atoms with Gasteiger partial charge in [-0.25, -0.2) is 0 Å². The molecule has 0 aliphatic heterocycles. The number of amides is 1. The molecule has 5 heteroatoms. The van der Waals surface area contributed by atoms with E-state index in [0.29, 0.717) is 0 Å². The highest BCUT2D eigenvalue weighted by atomic mass is 16.5. The standard InChI is InChI=1S/C21H28N2O3/c1-14(2)26-18-11-9-16(10-12-18)19(24)13-23-21(25)15(3)20(22)17-7-5-4-6-8-17/h4-12,14-15,19-20,24H,13,22H2,1-3H3,(H,23,25). The van der Waals surface area contributed by atoms with Crippen molar-refractivity contribution in [3.05, 3.63) is 65.7 Å². The fourth-order valence-corrected chi connectivity index (χ4v) is 2.64. The van der Waals surface area contributed by atoms with E-state index in [9.17, 15) is 9.90 Å². The van der Waals surface area contributed by atoms with Crippen LogP contribution in [-0.4, -0.2) is 23.7 Å². The minimum absolute atomic E-state index is 0.0976. The fraction of sp³-hybridized carbons (Fsp3) is 0.381. The molecule has 0 spiro atoms. The van der Waals surface area contributed by atoms with Gasteiger partial charge >= 0.3 is 0 Å². The van der Waals surface area contributed by atoms with Crippen LogP contribution in [-0.2, 0) is 4.79 Å². The molecule has 0 heterocycles. The van der Waals surface area contributed by atoms with E-state index in [0.717, 1.165) is 16.9 Å². The molecule has 2 rings (SSSR count). The third kappa shape index (κ3) is 5.58. The molecule has 140 valence electrons. The molecule has 3 unspecified atom stereocenters. The van der Waals surface area contributed by atoms with Gasteiger partial charge < -0.3 is 20.9 Å². The van der Waals surface area contributed by atoms with Crippen LogP contribution in [0.3, 0.4) is 0 Å². The highest BCUT2D eigenvalue weighted by Gasteiger charge is 2.22. The van der Waals surface area contributed by atoms with Crippen molar-refractivity contribution >= 4 is 5.91 Å². The minimum atomic E-state index is -0.785. The summed E-state index contributed by atoms with van der Waals surface area (Å²) in [6, 6.07) is 16.4. The van der Waals surface area contributed by atoms with Crippen molar-refractivity contribution in [3.63, 3.8) is 0 Å². The molecule has 0 saturated carbocycles. The molecule has 4 N–H and O–H groups in total. The van der Waals surface area contributed by atoms with E-state index in [1.807, 2.05) is 56.3 Å². The lowest BCUT2D eigenvalue weighted by atomic mass is 9.94. The van der Waals surface area contributed by atoms with Crippen molar-refractivity contribution in [2.75, 3.05) is 6.54 Å². The smallest absolute Gasteiger partial charge is 0.224 e. The number of carbonyl (C=O) groups excluding carboxylic acids is 1. The molecule has 0 saturated heterocycles. The van der Waals surface area contributed by atoms with Gasteiger partial charge in [-0.1, -0.05) is 49.4 Å². The van der Waals surface area contributed by atoms with Crippen LogP contribution in [0.1, 0.15) is 44.0 Å². The molecule has 5 nitrogen and oxygen atoms in total. The molecule has 0 radical (unpaired) electrons. The van der Waals surface area contributed by atoms with E-state index in [1.165, 1.54) is 0 Å². The molecule has 0 aliphatic carbocycles. The van der Waals surface area contributed by atoms with Gasteiger partial charge in [-0.2, -0.15) is 0 Å². The Hall–Kier alpha value is -2.37. The summed E-state index contributed by atoms with van der Waals surface area (Å²) in [7, 11) is 0. The number of aliphatic hydroxyl groups is 1. The molecular weight excluding hydrogens is 328 g/mol. The van der Waals surface area contributed by atoms with E-state index < -0.39 is 12.0 Å². The molecule has 3 atom stereocenters. The fourth-order valence-electron chi connectivity index (χ4n) is 2.64. The molecule has 2 aromatic rings. The first kappa shape index (κ1) is 19.9. The second-order valence-corrected chi connectivity index (χ2v) is 6.72. The van der Waals surface area contributed by atoms with Crippen LogP contribution in [0.15, 0.2) is 54.6 Å². The summed E-state index contributed by atoms with van der Waals surface area (Å²) in [5.74, 6) is 0.175. The second kappa shape index (κ2) is 9.36. The van der Waals surface area contributed by atoms with Crippen LogP contribution in [0.4, 0.5) is 0 Å². The zero-order valence-corrected chi connectivity index (χ0v) is 15.6. The Bertz CT molecular complexity index is 686. The van der Waals surface area contributed by atoms with E-state index in [2.05, 4.69) is 5.32 Å². The quantitative estimate of drug-likeness (QED) is 0.679. The zero-order chi connectivity index (χ0) is 19.1. The van der Waals surface area contributed by atoms with Crippen LogP contribution < -0.4 is 15.8 Å². The van der Waals surface area contributed by atoms with Gasteiger partial charge in [0.15, 0.2) is 0 Å². The maximum atomic E-state index is 12.3. The Kier molecular flexibility index (Phi) is 7.18. The van der Waals surface area contributed by atoms with Gasteiger partial charge in [0.1, 0.15) is 5.75 Å². The number of hydrogen-bond acceptors (Lipinski definition) is 4. The second-order valence-electron chi connectivity index (χ2n) is 6.72. The lowest BCUT2D eigenvalue weighted by Crippen LogP contribution is -2.37. The predicted molar refractivity (Wildman–Crippen MR) is 103 cm³/mol. The van der Waals surface area contributed by atoms with Crippen LogP contribution >= 0.6 is 0 Å². The summed E-state index contributed by atoms with van der Waals surface area (Å²) in [4.78, 5) is 12.3. The summed E-state index contributed by atoms with van der Waals surface area (Å²) < 4.78 is 5.58. The van der Waals surface area contributed by atoms with Crippen LogP contribution in [0.25, 0.3) is 0 Å². The highest BCUT2D eigenvalue weighted by molar-refractivity contribution is 5.79. The van der Waals surface area contributed by atoms with Gasteiger partial charge in [-0.15, -0.1) is 0 Å². The van der Waals surface area contributed by atoms with E-state index in [1.54, 1.807) is 19.1 Å². The van der Waals surface area contributed by atoms with Gasteiger partial charge in [0.05, 0.1) is 18.1 Å². The Morgan fingerprint density at radius 2 is 1.65 bits per heavy atom. The summed E-state index contributed by atoms with van der Waals surface area (Å²) >= 11 is 0. The Balaban J connectivity index is 1.87. The van der Waals surface area contributed by atoms with Gasteiger partial charge in [0, 0.05) is 12.6 Å². The Morgan fingerprint density at radius 3 is 2.23 bits per heavy atom. The van der Waals surface area contributed by atoms with E-state index in [4.69, 9.17) is 10.5 Å². The maximum absolute atomic E-state index is 12.3. The first-order chi connectivity index (χ1) is 12.4. The van der Waals surface area contributed by atoms with Crippen molar-refractivity contribution in [1.82, 2.24) is 5.32 Å². The van der Waals surface area contributed by atoms with Crippen molar-refractivity contribution < 1.29 is 14.6 Å². The number of hydrogen-bond donors (Lipinski definition) is 3. The number of benzene rings is 2. The molecule has 2 aromatic carbocycles. The van der Waals surface area contributed by atoms with Crippen molar-refractivity contribution in [2.24, 2.45) is 11.7 Å². The number of nitrogens with one attached hydrogen (secondary N) is 1. The molecule has 0 aliphatic rings. The van der Waals surface area contributed by atoms with Gasteiger partial charge in [0.25, 0.3) is 0 Å². The van der Waals surface area contributed by atoms with E-state index >= 15 is 0 Å². The number of aliphatic hydroxyl groups excluding tert-OH is 1. The Morgan fingerprint density at radius 1 is 1.04 bits per heavy atom. The average molecular weight is 356 g/mol. The predicted octanol–water partition coefficient (Wildman–Crippen LogP) is 2.96. The first-order valence-electron chi connectivity index (χ1n) is 8.91. The average Bonchev–Trinajstić information content (AvgIpc) is 2.65. The third-order valence-electron chi connectivity index (χ3n) is 4.24. The number of carbonyl (C=O) groups is 1. The van der Waals surface area contributed by atoms with E-state index in [-0.39, 0.29) is 24.6 Å². The molecular formula is C21H28N2O3. The normalized spacial score (nSPS) is 14.5. The van der Waals surface area contributed by atoms with Gasteiger partial charge in [-0.3, -0.25) is 4.79 Å². The lowest BCUT2D eigenvalue weighted by Gasteiger charge is -2.21. The molecule has 1 amide bonds. The lowest BCUT2D eigenvalue weighted by molar-refractivity contribution is -0.125. The maximum Gasteiger partial charge on any atom is 0.224 e. The van der Waals surface area contributed by atoms with Crippen LogP contribution in [0, 0.1) is 5.92 Å². The molecule has 0 aromatic heterocycles. The number of rotatable bonds is 8. The summed E-state index contributed by atoms with van der Waals surface area (Å²) in [5.41, 5.74) is 7.81. The number of ether oxygens (including phenoxy) is 1. The van der Waals surface area contributed by atoms with Gasteiger partial charge in [-0.05, 0) is 37.1 Å². The minimum Gasteiger partial charge on any atom is -0.491 e. The largest absolute Gasteiger partial charge is 0.491 e. The van der Waals surface area contributed by atoms with Crippen LogP contribution in [0.5, 0.6) is 5.75 Å². The van der Waals surface area contributed by atoms with Crippen molar-refractivity contribution in [2.45, 2.75) is 39.0 Å². The van der Waals surface area contributed by atoms with Gasteiger partial charge in [0.2, 0.25) is 5.91 Å². The monoisotopic (exact) mass is 356 g/mol. The summed E-state index contributed by atoms with van der Waals surface area (Å²) in [5, 5.41) is 13.1. The van der Waals surface area contributed by atoms with Crippen LogP contribution in [0.2, 0.25) is 0 Å². The topological polar surface area (TPSA) is 84.6 Å². The molecule has 0 bridgehead atoms. The summed E-state index contributed by atoms with van der Waals surface area (Å²) in [6.07, 6.45) is -0.687. The zero-order valence-electron chi connectivity index (χ0n) is 15.6. The van der Waals surface area contributed by atoms with Crippen molar-refractivity contribution in [3.8, 4) is 5.75 Å². The first-order valence-corrected chi connectivity index (χ1v) is 8.91.